The van der Waals surface area contributed by atoms with Gasteiger partial charge in [-0.1, -0.05) is 30.3 Å². The number of aromatic carboxylic acids is 1. The van der Waals surface area contributed by atoms with Crippen LogP contribution in [0.2, 0.25) is 0 Å². The van der Waals surface area contributed by atoms with E-state index in [1.165, 1.54) is 7.11 Å². The van der Waals surface area contributed by atoms with Gasteiger partial charge in [0.25, 0.3) is 5.88 Å². The van der Waals surface area contributed by atoms with Gasteiger partial charge in [0.15, 0.2) is 5.82 Å². The molecule has 1 aromatic heterocycles. The van der Waals surface area contributed by atoms with Crippen LogP contribution in [0.15, 0.2) is 30.3 Å². The lowest BCUT2D eigenvalue weighted by Crippen LogP contribution is -2.08. The molecule has 0 aliphatic carbocycles. The first-order valence-electron chi connectivity index (χ1n) is 4.80. The molecule has 0 saturated carbocycles. The summed E-state index contributed by atoms with van der Waals surface area (Å²) in [6.07, 6.45) is 0. The molecule has 6 nitrogen and oxygen atoms in total. The van der Waals surface area contributed by atoms with Crippen LogP contribution in [0.25, 0.3) is 11.4 Å². The summed E-state index contributed by atoms with van der Waals surface area (Å²) in [5.74, 6) is -0.944. The van der Waals surface area contributed by atoms with Crippen molar-refractivity contribution in [2.24, 2.45) is 0 Å². The molecule has 2 aromatic rings. The standard InChI is InChI=1S/C11H9N3O3/c1-17-10-8(11(15)16)13-14-9(12-10)7-5-3-2-4-6-7/h2-6H,1H3,(H,15,16). The highest BCUT2D eigenvalue weighted by molar-refractivity contribution is 5.87. The summed E-state index contributed by atoms with van der Waals surface area (Å²) in [6, 6.07) is 9.13. The van der Waals surface area contributed by atoms with Gasteiger partial charge in [0.05, 0.1) is 7.11 Å². The monoisotopic (exact) mass is 231 g/mol. The van der Waals surface area contributed by atoms with Gasteiger partial charge in [-0.15, -0.1) is 10.2 Å². The Morgan fingerprint density at radius 1 is 1.24 bits per heavy atom. The minimum absolute atomic E-state index is 0.0497. The van der Waals surface area contributed by atoms with Crippen LogP contribution in [-0.2, 0) is 0 Å². The van der Waals surface area contributed by atoms with E-state index in [0.717, 1.165) is 5.56 Å². The number of aromatic nitrogens is 3. The van der Waals surface area contributed by atoms with Crippen molar-refractivity contribution in [3.05, 3.63) is 36.0 Å². The molecule has 0 atom stereocenters. The first-order chi connectivity index (χ1) is 8.22. The molecule has 17 heavy (non-hydrogen) atoms. The second-order valence-electron chi connectivity index (χ2n) is 3.16. The third-order valence-electron chi connectivity index (χ3n) is 2.08. The Labute approximate surface area is 96.9 Å². The molecule has 2 rings (SSSR count). The maximum Gasteiger partial charge on any atom is 0.362 e. The van der Waals surface area contributed by atoms with Crippen molar-refractivity contribution in [3.63, 3.8) is 0 Å². The first kappa shape index (κ1) is 11.0. The first-order valence-corrected chi connectivity index (χ1v) is 4.80. The minimum Gasteiger partial charge on any atom is -0.479 e. The van der Waals surface area contributed by atoms with Crippen LogP contribution in [0.5, 0.6) is 5.88 Å². The van der Waals surface area contributed by atoms with Gasteiger partial charge in [0.1, 0.15) is 0 Å². The van der Waals surface area contributed by atoms with Crippen molar-refractivity contribution < 1.29 is 14.6 Å². The third kappa shape index (κ3) is 2.20. The molecular formula is C11H9N3O3. The molecule has 1 N–H and O–H groups in total. The van der Waals surface area contributed by atoms with Crippen LogP contribution in [0, 0.1) is 0 Å². The minimum atomic E-state index is -1.22. The smallest absolute Gasteiger partial charge is 0.362 e. The Morgan fingerprint density at radius 3 is 2.53 bits per heavy atom. The molecule has 6 heteroatoms. The lowest BCUT2D eigenvalue weighted by molar-refractivity contribution is 0.0684. The van der Waals surface area contributed by atoms with Crippen molar-refractivity contribution in [3.8, 4) is 17.3 Å². The molecule has 1 heterocycles. The number of hydrogen-bond donors (Lipinski definition) is 1. The fourth-order valence-corrected chi connectivity index (χ4v) is 1.30. The van der Waals surface area contributed by atoms with Crippen LogP contribution < -0.4 is 4.74 Å². The van der Waals surface area contributed by atoms with Gasteiger partial charge in [-0.3, -0.25) is 0 Å². The normalized spacial score (nSPS) is 9.94. The Bertz CT molecular complexity index is 543. The van der Waals surface area contributed by atoms with E-state index >= 15 is 0 Å². The average Bonchev–Trinajstić information content (AvgIpc) is 2.39. The lowest BCUT2D eigenvalue weighted by atomic mass is 10.2. The maximum absolute atomic E-state index is 10.8. The zero-order valence-corrected chi connectivity index (χ0v) is 8.99. The summed E-state index contributed by atoms with van der Waals surface area (Å²) in [5.41, 5.74) is 0.447. The Morgan fingerprint density at radius 2 is 1.94 bits per heavy atom. The quantitative estimate of drug-likeness (QED) is 0.855. The van der Waals surface area contributed by atoms with Crippen molar-refractivity contribution in [2.75, 3.05) is 7.11 Å². The van der Waals surface area contributed by atoms with Gasteiger partial charge in [-0.25, -0.2) is 4.79 Å². The van der Waals surface area contributed by atoms with E-state index in [-0.39, 0.29) is 11.6 Å². The molecule has 0 bridgehead atoms. The molecular weight excluding hydrogens is 222 g/mol. The number of carboxylic acid groups (broad SMARTS) is 1. The summed E-state index contributed by atoms with van der Waals surface area (Å²) in [5, 5.41) is 16.2. The SMILES string of the molecule is COc1nc(-c2ccccc2)nnc1C(=O)O. The van der Waals surface area contributed by atoms with Gasteiger partial charge in [0, 0.05) is 5.56 Å². The third-order valence-corrected chi connectivity index (χ3v) is 2.08. The highest BCUT2D eigenvalue weighted by atomic mass is 16.5. The molecule has 86 valence electrons. The summed E-state index contributed by atoms with van der Waals surface area (Å²) in [7, 11) is 1.34. The maximum atomic E-state index is 10.8. The van der Waals surface area contributed by atoms with Gasteiger partial charge in [-0.05, 0) is 0 Å². The van der Waals surface area contributed by atoms with Crippen molar-refractivity contribution in [1.82, 2.24) is 15.2 Å². The fraction of sp³-hybridized carbons (Fsp3) is 0.0909. The summed E-state index contributed by atoms with van der Waals surface area (Å²) in [4.78, 5) is 14.8. The highest BCUT2D eigenvalue weighted by Gasteiger charge is 2.16. The van der Waals surface area contributed by atoms with Crippen LogP contribution in [0.1, 0.15) is 10.5 Å². The van der Waals surface area contributed by atoms with Gasteiger partial charge in [0.2, 0.25) is 5.69 Å². The Kier molecular flexibility index (Phi) is 2.95. The summed E-state index contributed by atoms with van der Waals surface area (Å²) in [6.45, 7) is 0. The van der Waals surface area contributed by atoms with Gasteiger partial charge < -0.3 is 9.84 Å². The molecule has 0 unspecified atom stereocenters. The van der Waals surface area contributed by atoms with Gasteiger partial charge >= 0.3 is 5.97 Å². The fourth-order valence-electron chi connectivity index (χ4n) is 1.30. The zero-order chi connectivity index (χ0) is 12.3. The average molecular weight is 231 g/mol. The molecule has 0 aliphatic rings. The topological polar surface area (TPSA) is 85.2 Å². The molecule has 0 spiro atoms. The molecule has 1 aromatic carbocycles. The molecule has 0 aliphatic heterocycles. The number of ether oxygens (including phenoxy) is 1. The number of methoxy groups -OCH3 is 1. The van der Waals surface area contributed by atoms with E-state index in [9.17, 15) is 4.79 Å². The van der Waals surface area contributed by atoms with Crippen molar-refractivity contribution in [2.45, 2.75) is 0 Å². The Hall–Kier alpha value is -2.50. The number of carboxylic acids is 1. The van der Waals surface area contributed by atoms with E-state index < -0.39 is 5.97 Å². The molecule has 0 radical (unpaired) electrons. The predicted octanol–water partition coefficient (Wildman–Crippen LogP) is 1.25. The van der Waals surface area contributed by atoms with Crippen LogP contribution in [0.4, 0.5) is 0 Å². The number of hydrogen-bond acceptors (Lipinski definition) is 5. The highest BCUT2D eigenvalue weighted by Crippen LogP contribution is 2.18. The van der Waals surface area contributed by atoms with Gasteiger partial charge in [-0.2, -0.15) is 4.98 Å². The molecule has 0 saturated heterocycles. The van der Waals surface area contributed by atoms with E-state index in [1.54, 1.807) is 12.1 Å². The van der Waals surface area contributed by atoms with Crippen LogP contribution >= 0.6 is 0 Å². The predicted molar refractivity (Wildman–Crippen MR) is 58.8 cm³/mol. The summed E-state index contributed by atoms with van der Waals surface area (Å²) < 4.78 is 4.87. The number of nitrogens with zero attached hydrogens (tertiary/aromatic N) is 3. The number of benzene rings is 1. The lowest BCUT2D eigenvalue weighted by Gasteiger charge is -2.04. The van der Waals surface area contributed by atoms with E-state index in [4.69, 9.17) is 9.84 Å². The van der Waals surface area contributed by atoms with Crippen molar-refractivity contribution in [1.29, 1.82) is 0 Å². The number of rotatable bonds is 3. The van der Waals surface area contributed by atoms with Crippen LogP contribution in [-0.4, -0.2) is 33.4 Å². The largest absolute Gasteiger partial charge is 0.479 e. The van der Waals surface area contributed by atoms with Crippen LogP contribution in [0.3, 0.4) is 0 Å². The Balaban J connectivity index is 2.49. The number of carbonyl (C=O) groups is 1. The molecule has 0 fully saturated rings. The van der Waals surface area contributed by atoms with Crippen molar-refractivity contribution >= 4 is 5.97 Å². The molecule has 0 amide bonds. The van der Waals surface area contributed by atoms with E-state index in [2.05, 4.69) is 15.2 Å². The second-order valence-corrected chi connectivity index (χ2v) is 3.16. The second kappa shape index (κ2) is 4.56. The van der Waals surface area contributed by atoms with E-state index in [0.29, 0.717) is 5.82 Å². The van der Waals surface area contributed by atoms with E-state index in [1.807, 2.05) is 18.2 Å². The zero-order valence-electron chi connectivity index (χ0n) is 8.99. The summed E-state index contributed by atoms with van der Waals surface area (Å²) >= 11 is 0.